The predicted octanol–water partition coefficient (Wildman–Crippen LogP) is 3.21. The van der Waals surface area contributed by atoms with Crippen molar-refractivity contribution in [2.24, 2.45) is 5.92 Å². The van der Waals surface area contributed by atoms with Crippen LogP contribution in [0.3, 0.4) is 0 Å². The standard InChI is InChI=1S/C17H22ClNO4/c1-12(23-15-7-3-2-6-14(15)18)17(22)19-10-4-5-13(11-19)8-9-16(20)21/h2-3,6-7,12-13H,4-5,8-11H2,1H3,(H,20,21). The van der Waals surface area contributed by atoms with E-state index in [0.717, 1.165) is 12.8 Å². The molecule has 1 amide bonds. The molecule has 0 saturated carbocycles. The first-order valence-corrected chi connectivity index (χ1v) is 8.27. The average molecular weight is 340 g/mol. The van der Waals surface area contributed by atoms with Gasteiger partial charge in [-0.1, -0.05) is 23.7 Å². The van der Waals surface area contributed by atoms with Crippen molar-refractivity contribution in [3.05, 3.63) is 29.3 Å². The lowest BCUT2D eigenvalue weighted by molar-refractivity contribution is -0.140. The summed E-state index contributed by atoms with van der Waals surface area (Å²) in [5, 5.41) is 9.26. The molecule has 126 valence electrons. The zero-order chi connectivity index (χ0) is 16.8. The van der Waals surface area contributed by atoms with Crippen LogP contribution < -0.4 is 4.74 Å². The zero-order valence-corrected chi connectivity index (χ0v) is 14.0. The Morgan fingerprint density at radius 3 is 2.87 bits per heavy atom. The third-order valence-corrected chi connectivity index (χ3v) is 4.40. The highest BCUT2D eigenvalue weighted by Crippen LogP contribution is 2.26. The molecule has 2 atom stereocenters. The normalized spacial score (nSPS) is 19.2. The Kier molecular flexibility index (Phi) is 6.28. The lowest BCUT2D eigenvalue weighted by Gasteiger charge is -2.34. The molecule has 1 aliphatic heterocycles. The number of aliphatic carboxylic acids is 1. The molecule has 1 aromatic rings. The van der Waals surface area contributed by atoms with Crippen molar-refractivity contribution in [2.45, 2.75) is 38.7 Å². The van der Waals surface area contributed by atoms with Crippen molar-refractivity contribution >= 4 is 23.5 Å². The molecular weight excluding hydrogens is 318 g/mol. The topological polar surface area (TPSA) is 66.8 Å². The van der Waals surface area contributed by atoms with Crippen LogP contribution in [0.15, 0.2) is 24.3 Å². The van der Waals surface area contributed by atoms with Gasteiger partial charge in [0.1, 0.15) is 5.75 Å². The summed E-state index contributed by atoms with van der Waals surface area (Å²) >= 11 is 6.05. The minimum atomic E-state index is -0.788. The molecule has 1 heterocycles. The molecule has 6 heteroatoms. The van der Waals surface area contributed by atoms with Crippen LogP contribution in [-0.4, -0.2) is 41.1 Å². The highest BCUT2D eigenvalue weighted by Gasteiger charge is 2.28. The molecule has 1 fully saturated rings. The van der Waals surface area contributed by atoms with E-state index in [-0.39, 0.29) is 18.2 Å². The van der Waals surface area contributed by atoms with Crippen molar-refractivity contribution < 1.29 is 19.4 Å². The molecule has 23 heavy (non-hydrogen) atoms. The Morgan fingerprint density at radius 1 is 1.43 bits per heavy atom. The van der Waals surface area contributed by atoms with Crippen LogP contribution in [0.1, 0.15) is 32.6 Å². The van der Waals surface area contributed by atoms with Crippen molar-refractivity contribution in [3.8, 4) is 5.75 Å². The Labute approximate surface area is 141 Å². The molecule has 1 saturated heterocycles. The monoisotopic (exact) mass is 339 g/mol. The van der Waals surface area contributed by atoms with Gasteiger partial charge in [0.2, 0.25) is 0 Å². The Balaban J connectivity index is 1.91. The first kappa shape index (κ1) is 17.6. The van der Waals surface area contributed by atoms with Gasteiger partial charge in [-0.05, 0) is 44.2 Å². The van der Waals surface area contributed by atoms with Gasteiger partial charge in [0, 0.05) is 19.5 Å². The average Bonchev–Trinajstić information content (AvgIpc) is 2.54. The first-order chi connectivity index (χ1) is 11.0. The second kappa shape index (κ2) is 8.20. The van der Waals surface area contributed by atoms with E-state index in [9.17, 15) is 9.59 Å². The number of carbonyl (C=O) groups is 2. The number of carboxylic acids is 1. The molecule has 1 aliphatic rings. The number of halogens is 1. The molecule has 2 rings (SSSR count). The number of rotatable bonds is 6. The van der Waals surface area contributed by atoms with E-state index < -0.39 is 12.1 Å². The molecule has 1 N–H and O–H groups in total. The Morgan fingerprint density at radius 2 is 2.17 bits per heavy atom. The molecule has 0 aliphatic carbocycles. The fourth-order valence-electron chi connectivity index (χ4n) is 2.87. The number of benzene rings is 1. The molecule has 5 nitrogen and oxygen atoms in total. The number of hydrogen-bond donors (Lipinski definition) is 1. The van der Waals surface area contributed by atoms with Gasteiger partial charge in [0.05, 0.1) is 5.02 Å². The minimum absolute atomic E-state index is 0.0788. The van der Waals surface area contributed by atoms with Crippen LogP contribution in [0.2, 0.25) is 5.02 Å². The number of carboxylic acid groups (broad SMARTS) is 1. The van der Waals surface area contributed by atoms with E-state index in [1.165, 1.54) is 0 Å². The number of amides is 1. The molecule has 0 spiro atoms. The number of ether oxygens (including phenoxy) is 1. The Bertz CT molecular complexity index is 563. The first-order valence-electron chi connectivity index (χ1n) is 7.89. The van der Waals surface area contributed by atoms with Crippen LogP contribution in [0, 0.1) is 5.92 Å². The molecule has 0 aromatic heterocycles. The summed E-state index contributed by atoms with van der Waals surface area (Å²) in [5.74, 6) is -0.125. The van der Waals surface area contributed by atoms with Gasteiger partial charge < -0.3 is 14.7 Å². The van der Waals surface area contributed by atoms with Crippen LogP contribution >= 0.6 is 11.6 Å². The van der Waals surface area contributed by atoms with Crippen molar-refractivity contribution in [1.82, 2.24) is 4.90 Å². The van der Waals surface area contributed by atoms with Crippen LogP contribution in [0.4, 0.5) is 0 Å². The van der Waals surface area contributed by atoms with Gasteiger partial charge in [0.25, 0.3) is 5.91 Å². The van der Waals surface area contributed by atoms with Crippen molar-refractivity contribution in [3.63, 3.8) is 0 Å². The van der Waals surface area contributed by atoms with Crippen LogP contribution in [0.25, 0.3) is 0 Å². The highest BCUT2D eigenvalue weighted by molar-refractivity contribution is 6.32. The van der Waals surface area contributed by atoms with E-state index in [4.69, 9.17) is 21.4 Å². The largest absolute Gasteiger partial charge is 0.481 e. The molecule has 0 radical (unpaired) electrons. The minimum Gasteiger partial charge on any atom is -0.481 e. The van der Waals surface area contributed by atoms with Crippen LogP contribution in [0.5, 0.6) is 5.75 Å². The number of carbonyl (C=O) groups excluding carboxylic acids is 1. The van der Waals surface area contributed by atoms with E-state index >= 15 is 0 Å². The maximum absolute atomic E-state index is 12.5. The Hall–Kier alpha value is -1.75. The van der Waals surface area contributed by atoms with Gasteiger partial charge in [-0.3, -0.25) is 9.59 Å². The van der Waals surface area contributed by atoms with Gasteiger partial charge in [0.15, 0.2) is 6.10 Å². The second-order valence-corrected chi connectivity index (χ2v) is 6.32. The second-order valence-electron chi connectivity index (χ2n) is 5.92. The predicted molar refractivity (Wildman–Crippen MR) is 87.7 cm³/mol. The fraction of sp³-hybridized carbons (Fsp3) is 0.529. The summed E-state index contributed by atoms with van der Waals surface area (Å²) in [5.41, 5.74) is 0. The number of likely N-dealkylation sites (tertiary alicyclic amines) is 1. The summed E-state index contributed by atoms with van der Waals surface area (Å²) < 4.78 is 5.68. The van der Waals surface area contributed by atoms with Gasteiger partial charge in [-0.25, -0.2) is 0 Å². The van der Waals surface area contributed by atoms with Gasteiger partial charge >= 0.3 is 5.97 Å². The maximum atomic E-state index is 12.5. The smallest absolute Gasteiger partial charge is 0.303 e. The molecule has 2 unspecified atom stereocenters. The summed E-state index contributed by atoms with van der Waals surface area (Å²) in [7, 11) is 0. The van der Waals surface area contributed by atoms with Crippen molar-refractivity contribution in [1.29, 1.82) is 0 Å². The van der Waals surface area contributed by atoms with Crippen LogP contribution in [-0.2, 0) is 9.59 Å². The fourth-order valence-corrected chi connectivity index (χ4v) is 3.05. The summed E-state index contributed by atoms with van der Waals surface area (Å²) in [6, 6.07) is 7.06. The molecular formula is C17H22ClNO4. The molecule has 1 aromatic carbocycles. The summed E-state index contributed by atoms with van der Waals surface area (Å²) in [4.78, 5) is 25.0. The lowest BCUT2D eigenvalue weighted by atomic mass is 9.93. The lowest BCUT2D eigenvalue weighted by Crippen LogP contribution is -2.45. The van der Waals surface area contributed by atoms with Crippen molar-refractivity contribution in [2.75, 3.05) is 13.1 Å². The number of piperidine rings is 1. The zero-order valence-electron chi connectivity index (χ0n) is 13.2. The number of para-hydroxylation sites is 1. The molecule has 0 bridgehead atoms. The van der Waals surface area contributed by atoms with Gasteiger partial charge in [-0.15, -0.1) is 0 Å². The van der Waals surface area contributed by atoms with E-state index in [2.05, 4.69) is 0 Å². The highest BCUT2D eigenvalue weighted by atomic mass is 35.5. The summed E-state index contributed by atoms with van der Waals surface area (Å²) in [6.45, 7) is 3.01. The SMILES string of the molecule is CC(Oc1ccccc1Cl)C(=O)N1CCCC(CCC(=O)O)C1. The maximum Gasteiger partial charge on any atom is 0.303 e. The van der Waals surface area contributed by atoms with E-state index in [0.29, 0.717) is 30.3 Å². The quantitative estimate of drug-likeness (QED) is 0.864. The number of nitrogens with zero attached hydrogens (tertiary/aromatic N) is 1. The number of hydrogen-bond acceptors (Lipinski definition) is 3. The van der Waals surface area contributed by atoms with E-state index in [1.807, 2.05) is 0 Å². The third kappa shape index (κ3) is 5.13. The third-order valence-electron chi connectivity index (χ3n) is 4.09. The summed E-state index contributed by atoms with van der Waals surface area (Å²) in [6.07, 6.45) is 2.01. The van der Waals surface area contributed by atoms with E-state index in [1.54, 1.807) is 36.1 Å². The van der Waals surface area contributed by atoms with Gasteiger partial charge in [-0.2, -0.15) is 0 Å².